The Kier molecular flexibility index (Phi) is 23.9. The van der Waals surface area contributed by atoms with Gasteiger partial charge in [-0.2, -0.15) is 4.72 Å². The molecule has 0 aromatic heterocycles. The first-order valence-corrected chi connectivity index (χ1v) is 18.8. The number of nitrogens with one attached hydrogen (secondary N) is 1. The van der Waals surface area contributed by atoms with Crippen molar-refractivity contribution in [2.45, 2.75) is 165 Å². The van der Waals surface area contributed by atoms with E-state index < -0.39 is 59.4 Å². The fourth-order valence-corrected chi connectivity index (χ4v) is 6.51. The Morgan fingerprint density at radius 3 is 1.95 bits per heavy atom. The van der Waals surface area contributed by atoms with Crippen LogP contribution < -0.4 is 10.5 Å². The maximum absolute atomic E-state index is 12.3. The van der Waals surface area contributed by atoms with E-state index in [-0.39, 0.29) is 5.75 Å². The number of hydrogen-bond acceptors (Lipinski definition) is 10. The molecule has 12 heteroatoms. The lowest BCUT2D eigenvalue weighted by atomic mass is 9.99. The fourth-order valence-electron chi connectivity index (χ4n) is 5.26. The summed E-state index contributed by atoms with van der Waals surface area (Å²) in [6.07, 6.45) is 15.8. The van der Waals surface area contributed by atoms with Gasteiger partial charge in [0.15, 0.2) is 0 Å². The van der Waals surface area contributed by atoms with E-state index in [1.807, 2.05) is 6.08 Å². The SMILES string of the molecule is CCCCCCCCCCCCCC=CC(O)C(N)COCCCCCCCCS(=O)(=O)NC1O[C@H](CO)[C@@H](O)[C@H](O)[C@H]1O. The maximum atomic E-state index is 12.3. The molecule has 0 bridgehead atoms. The summed E-state index contributed by atoms with van der Waals surface area (Å²) in [5.41, 5.74) is 6.05. The molecule has 1 fully saturated rings. The molecule has 1 aliphatic rings. The minimum Gasteiger partial charge on any atom is -0.394 e. The van der Waals surface area contributed by atoms with Crippen molar-refractivity contribution in [3.63, 3.8) is 0 Å². The molecule has 11 nitrogen and oxygen atoms in total. The van der Waals surface area contributed by atoms with Gasteiger partial charge >= 0.3 is 0 Å². The maximum Gasteiger partial charge on any atom is 0.213 e. The van der Waals surface area contributed by atoms with Crippen LogP contribution in [0.5, 0.6) is 0 Å². The molecule has 0 aromatic carbocycles. The van der Waals surface area contributed by atoms with Crippen LogP contribution in [-0.4, -0.2) is 102 Å². The number of allylic oxidation sites excluding steroid dienone is 1. The normalized spacial score (nSPS) is 24.2. The van der Waals surface area contributed by atoms with E-state index in [1.165, 1.54) is 64.2 Å². The molecule has 8 N–H and O–H groups in total. The van der Waals surface area contributed by atoms with Crippen molar-refractivity contribution in [2.24, 2.45) is 5.73 Å². The van der Waals surface area contributed by atoms with E-state index in [9.17, 15) is 34.0 Å². The number of ether oxygens (including phenoxy) is 2. The van der Waals surface area contributed by atoms with Crippen molar-refractivity contribution in [3.8, 4) is 0 Å². The number of aliphatic hydroxyl groups is 5. The summed E-state index contributed by atoms with van der Waals surface area (Å²) in [4.78, 5) is 0. The van der Waals surface area contributed by atoms with Gasteiger partial charge in [-0.1, -0.05) is 109 Å². The van der Waals surface area contributed by atoms with Crippen molar-refractivity contribution in [1.82, 2.24) is 4.72 Å². The molecule has 1 saturated heterocycles. The van der Waals surface area contributed by atoms with Crippen LogP contribution in [0, 0.1) is 0 Å². The molecule has 262 valence electrons. The summed E-state index contributed by atoms with van der Waals surface area (Å²) < 4.78 is 37.7. The second-order valence-corrected chi connectivity index (χ2v) is 14.2. The predicted octanol–water partition coefficient (Wildman–Crippen LogP) is 3.01. The number of sulfonamides is 1. The van der Waals surface area contributed by atoms with Crippen LogP contribution in [0.3, 0.4) is 0 Å². The van der Waals surface area contributed by atoms with Crippen molar-refractivity contribution < 1.29 is 43.4 Å². The second kappa shape index (κ2) is 25.4. The molecular weight excluding hydrogens is 588 g/mol. The Bertz CT molecular complexity index is 816. The monoisotopic (exact) mass is 652 g/mol. The van der Waals surface area contributed by atoms with E-state index in [1.54, 1.807) is 6.08 Å². The third-order valence-corrected chi connectivity index (χ3v) is 9.61. The average Bonchev–Trinajstić information content (AvgIpc) is 3.00. The molecule has 44 heavy (non-hydrogen) atoms. The van der Waals surface area contributed by atoms with Gasteiger partial charge in [-0.3, -0.25) is 0 Å². The molecule has 0 aromatic rings. The minimum atomic E-state index is -3.79. The summed E-state index contributed by atoms with van der Waals surface area (Å²) >= 11 is 0. The Morgan fingerprint density at radius 2 is 1.36 bits per heavy atom. The predicted molar refractivity (Wildman–Crippen MR) is 173 cm³/mol. The molecule has 1 aliphatic heterocycles. The van der Waals surface area contributed by atoms with Gasteiger partial charge in [0.25, 0.3) is 0 Å². The Labute approximate surface area is 266 Å². The van der Waals surface area contributed by atoms with Crippen LogP contribution in [0.1, 0.15) is 122 Å². The quantitative estimate of drug-likeness (QED) is 0.0488. The molecule has 1 heterocycles. The number of aliphatic hydroxyl groups excluding tert-OH is 5. The smallest absolute Gasteiger partial charge is 0.213 e. The van der Waals surface area contributed by atoms with Gasteiger partial charge < -0.3 is 40.7 Å². The second-order valence-electron chi connectivity index (χ2n) is 12.3. The largest absolute Gasteiger partial charge is 0.394 e. The van der Waals surface area contributed by atoms with E-state index in [0.717, 1.165) is 38.5 Å². The van der Waals surface area contributed by atoms with Crippen LogP contribution in [0.2, 0.25) is 0 Å². The first kappa shape index (κ1) is 41.4. The fraction of sp³-hybridized carbons (Fsp3) is 0.938. The molecule has 0 amide bonds. The number of unbranched alkanes of at least 4 members (excludes halogenated alkanes) is 16. The molecule has 0 saturated carbocycles. The molecular formula is C32H64N2O9S. The van der Waals surface area contributed by atoms with Gasteiger partial charge in [0, 0.05) is 6.61 Å². The highest BCUT2D eigenvalue weighted by molar-refractivity contribution is 7.89. The highest BCUT2D eigenvalue weighted by atomic mass is 32.2. The van der Waals surface area contributed by atoms with Crippen molar-refractivity contribution >= 4 is 10.0 Å². The number of nitrogens with two attached hydrogens (primary N) is 1. The minimum absolute atomic E-state index is 0.168. The third kappa shape index (κ3) is 19.1. The van der Waals surface area contributed by atoms with E-state index in [2.05, 4.69) is 11.6 Å². The van der Waals surface area contributed by atoms with Crippen molar-refractivity contribution in [2.75, 3.05) is 25.6 Å². The Morgan fingerprint density at radius 1 is 0.818 bits per heavy atom. The summed E-state index contributed by atoms with van der Waals surface area (Å²) in [7, 11) is -3.79. The van der Waals surface area contributed by atoms with Gasteiger partial charge in [0.1, 0.15) is 30.6 Å². The topological polar surface area (TPSA) is 192 Å². The number of hydrogen-bond donors (Lipinski definition) is 7. The highest BCUT2D eigenvalue weighted by Gasteiger charge is 2.44. The lowest BCUT2D eigenvalue weighted by Crippen LogP contribution is -2.63. The van der Waals surface area contributed by atoms with Crippen LogP contribution >= 0.6 is 0 Å². The van der Waals surface area contributed by atoms with Gasteiger partial charge in [-0.15, -0.1) is 0 Å². The molecule has 1 rings (SSSR count). The van der Waals surface area contributed by atoms with Crippen molar-refractivity contribution in [3.05, 3.63) is 12.2 Å². The zero-order valence-electron chi connectivity index (χ0n) is 27.1. The van der Waals surface area contributed by atoms with Crippen LogP contribution in [0.25, 0.3) is 0 Å². The summed E-state index contributed by atoms with van der Waals surface area (Å²) in [5, 5.41) is 49.1. The van der Waals surface area contributed by atoms with Gasteiger partial charge in [-0.25, -0.2) is 8.42 Å². The van der Waals surface area contributed by atoms with Crippen molar-refractivity contribution in [1.29, 1.82) is 0 Å². The summed E-state index contributed by atoms with van der Waals surface area (Å²) in [5.74, 6) is -0.168. The highest BCUT2D eigenvalue weighted by Crippen LogP contribution is 2.20. The molecule has 3 unspecified atom stereocenters. The first-order valence-electron chi connectivity index (χ1n) is 17.1. The van der Waals surface area contributed by atoms with Crippen LogP contribution in [0.15, 0.2) is 12.2 Å². The molecule has 7 atom stereocenters. The zero-order valence-corrected chi connectivity index (χ0v) is 27.9. The van der Waals surface area contributed by atoms with E-state index in [4.69, 9.17) is 15.2 Å². The van der Waals surface area contributed by atoms with Gasteiger partial charge in [0.2, 0.25) is 10.0 Å². The molecule has 0 aliphatic carbocycles. The third-order valence-electron chi connectivity index (χ3n) is 8.20. The van der Waals surface area contributed by atoms with E-state index in [0.29, 0.717) is 26.1 Å². The summed E-state index contributed by atoms with van der Waals surface area (Å²) in [6.45, 7) is 2.48. The lowest BCUT2D eigenvalue weighted by molar-refractivity contribution is -0.231. The first-order chi connectivity index (χ1) is 21.1. The summed E-state index contributed by atoms with van der Waals surface area (Å²) in [6, 6.07) is -0.456. The molecule has 0 radical (unpaired) electrons. The van der Waals surface area contributed by atoms with E-state index >= 15 is 0 Å². The van der Waals surface area contributed by atoms with Crippen LogP contribution in [0.4, 0.5) is 0 Å². The average molecular weight is 653 g/mol. The standard InChI is InChI=1S/C32H64N2O9S/c1-2-3-4-5-6-7-8-9-10-11-12-15-18-21-27(36)26(33)25-42-22-19-16-13-14-17-20-23-44(40,41)34-32-31(39)30(38)29(37)28(24-35)43-32/h18,21,26-32,34-39H,2-17,19-20,22-25,33H2,1H3/t26?,27?,28-,29-,30+,31-,32?/m1/s1. The number of rotatable bonds is 28. The zero-order chi connectivity index (χ0) is 32.6. The van der Waals surface area contributed by atoms with Gasteiger partial charge in [-0.05, 0) is 25.7 Å². The lowest BCUT2D eigenvalue weighted by Gasteiger charge is -2.39. The molecule has 0 spiro atoms. The van der Waals surface area contributed by atoms with Crippen LogP contribution in [-0.2, 0) is 19.5 Å². The Balaban J connectivity index is 1.99. The Hall–Kier alpha value is -0.670. The van der Waals surface area contributed by atoms with Gasteiger partial charge in [0.05, 0.1) is 31.1 Å².